The van der Waals surface area contributed by atoms with Crippen molar-refractivity contribution in [3.05, 3.63) is 143 Å². The molecule has 1 aliphatic heterocycles. The second-order valence-electron chi connectivity index (χ2n) is 8.95. The van der Waals surface area contributed by atoms with E-state index in [-0.39, 0.29) is 5.41 Å². The van der Waals surface area contributed by atoms with Crippen LogP contribution in [-0.2, 0) is 5.41 Å². The summed E-state index contributed by atoms with van der Waals surface area (Å²) in [7, 11) is 0. The lowest BCUT2D eigenvalue weighted by Crippen LogP contribution is -2.41. The number of fused-ring (bicyclic) bond motifs is 9. The maximum Gasteiger partial charge on any atom is 0.0751 e. The van der Waals surface area contributed by atoms with Crippen LogP contribution in [0.2, 0.25) is 0 Å². The fourth-order valence-corrected chi connectivity index (χ4v) is 6.57. The van der Waals surface area contributed by atoms with Crippen LogP contribution in [0.25, 0.3) is 11.1 Å². The summed E-state index contributed by atoms with van der Waals surface area (Å²) in [4.78, 5) is 2.76. The Bertz CT molecular complexity index is 1420. The van der Waals surface area contributed by atoms with E-state index in [1.165, 1.54) is 50.5 Å². The van der Waals surface area contributed by atoms with Crippen LogP contribution < -0.4 is 4.90 Å². The van der Waals surface area contributed by atoms with Crippen LogP contribution in [0.5, 0.6) is 0 Å². The summed E-state index contributed by atoms with van der Waals surface area (Å²) in [5, 5.41) is 0. The van der Waals surface area contributed by atoms with Crippen LogP contribution >= 0.6 is 15.9 Å². The zero-order chi connectivity index (χ0) is 22.0. The molecule has 1 heterocycles. The van der Waals surface area contributed by atoms with E-state index in [9.17, 15) is 0 Å². The lowest BCUT2D eigenvalue weighted by Gasteiger charge is -2.48. The maximum absolute atomic E-state index is 3.90. The van der Waals surface area contributed by atoms with Crippen molar-refractivity contribution < 1.29 is 0 Å². The Morgan fingerprint density at radius 2 is 1.24 bits per heavy atom. The molecule has 0 saturated carbocycles. The topological polar surface area (TPSA) is 3.24 Å². The van der Waals surface area contributed by atoms with Crippen molar-refractivity contribution in [2.24, 2.45) is 0 Å². The van der Waals surface area contributed by atoms with Gasteiger partial charge in [-0.3, -0.25) is 0 Å². The summed E-state index contributed by atoms with van der Waals surface area (Å²) in [6.45, 7) is 0. The first-order valence-corrected chi connectivity index (χ1v) is 12.4. The Balaban J connectivity index is 1.65. The third-order valence-electron chi connectivity index (χ3n) is 7.32. The van der Waals surface area contributed by atoms with Gasteiger partial charge in [-0.15, -0.1) is 0 Å². The highest BCUT2D eigenvalue weighted by molar-refractivity contribution is 9.09. The highest BCUT2D eigenvalue weighted by Gasteiger charge is 2.53. The molecule has 0 N–H and O–H groups in total. The molecule has 1 atom stereocenters. The average Bonchev–Trinajstić information content (AvgIpc) is 3.16. The summed E-state index contributed by atoms with van der Waals surface area (Å²) in [6, 6.07) is 37.7. The molecule has 1 nitrogen and oxygen atoms in total. The van der Waals surface area contributed by atoms with Crippen LogP contribution in [0.1, 0.15) is 23.1 Å². The zero-order valence-electron chi connectivity index (χ0n) is 18.1. The minimum absolute atomic E-state index is 0.311. The summed E-state index contributed by atoms with van der Waals surface area (Å²) < 4.78 is 0. The van der Waals surface area contributed by atoms with Crippen molar-refractivity contribution in [3.8, 4) is 11.1 Å². The first-order valence-electron chi connectivity index (χ1n) is 11.5. The van der Waals surface area contributed by atoms with E-state index in [1.807, 2.05) is 0 Å². The molecule has 4 aromatic rings. The number of alkyl halides is 1. The number of para-hydroxylation sites is 2. The molecular weight excluding hydrogens is 466 g/mol. The molecule has 1 spiro atoms. The number of hydrogen-bond donors (Lipinski definition) is 0. The molecule has 0 aromatic heterocycles. The first-order chi connectivity index (χ1) is 16.3. The molecule has 0 radical (unpaired) electrons. The number of allylic oxidation sites excluding steroid dienone is 3. The molecule has 7 rings (SSSR count). The standard InChI is InChI=1S/C31H22BrN/c32-21-18-19-28-30(20-21)33(22-10-2-1-3-11-22)29-17-9-8-16-27(29)31(28)25-14-6-4-12-23(25)24-13-5-7-15-26(24)31/h1-17,19-21H,18H2. The lowest BCUT2D eigenvalue weighted by molar-refractivity contribution is 0.710. The van der Waals surface area contributed by atoms with Gasteiger partial charge in [0.05, 0.1) is 11.1 Å². The molecule has 0 saturated heterocycles. The Labute approximate surface area is 202 Å². The second-order valence-corrected chi connectivity index (χ2v) is 10.1. The highest BCUT2D eigenvalue weighted by atomic mass is 79.9. The van der Waals surface area contributed by atoms with E-state index in [0.717, 1.165) is 6.42 Å². The Hall–Kier alpha value is -3.36. The zero-order valence-corrected chi connectivity index (χ0v) is 19.7. The Morgan fingerprint density at radius 3 is 1.94 bits per heavy atom. The summed E-state index contributed by atoms with van der Waals surface area (Å²) in [5.41, 5.74) is 11.6. The van der Waals surface area contributed by atoms with Crippen molar-refractivity contribution in [2.75, 3.05) is 4.90 Å². The van der Waals surface area contributed by atoms with Gasteiger partial charge in [0, 0.05) is 16.2 Å². The van der Waals surface area contributed by atoms with E-state index in [4.69, 9.17) is 0 Å². The number of nitrogens with zero attached hydrogens (tertiary/aromatic N) is 1. The first kappa shape index (κ1) is 19.1. The molecule has 1 unspecified atom stereocenters. The van der Waals surface area contributed by atoms with Gasteiger partial charge in [0.2, 0.25) is 0 Å². The van der Waals surface area contributed by atoms with Gasteiger partial charge >= 0.3 is 0 Å². The van der Waals surface area contributed by atoms with Gasteiger partial charge in [-0.1, -0.05) is 107 Å². The average molecular weight is 488 g/mol. The molecule has 0 amide bonds. The van der Waals surface area contributed by atoms with E-state index in [2.05, 4.69) is 136 Å². The minimum atomic E-state index is -0.311. The number of halogens is 1. The van der Waals surface area contributed by atoms with Crippen molar-refractivity contribution >= 4 is 27.3 Å². The van der Waals surface area contributed by atoms with Crippen molar-refractivity contribution in [1.29, 1.82) is 0 Å². The highest BCUT2D eigenvalue weighted by Crippen LogP contribution is 2.63. The second kappa shape index (κ2) is 7.07. The number of rotatable bonds is 1. The van der Waals surface area contributed by atoms with Crippen LogP contribution in [0.15, 0.2) is 127 Å². The van der Waals surface area contributed by atoms with Crippen molar-refractivity contribution in [3.63, 3.8) is 0 Å². The molecule has 158 valence electrons. The molecular formula is C31H22BrN. The van der Waals surface area contributed by atoms with E-state index < -0.39 is 0 Å². The quantitative estimate of drug-likeness (QED) is 0.245. The fourth-order valence-electron chi connectivity index (χ4n) is 6.14. The van der Waals surface area contributed by atoms with Crippen LogP contribution in [-0.4, -0.2) is 4.83 Å². The Morgan fingerprint density at radius 1 is 0.667 bits per heavy atom. The molecule has 4 aromatic carbocycles. The summed E-state index contributed by atoms with van der Waals surface area (Å²) in [5.74, 6) is 0. The number of anilines is 2. The van der Waals surface area contributed by atoms with Gasteiger partial charge in [-0.25, -0.2) is 0 Å². The van der Waals surface area contributed by atoms with Gasteiger partial charge in [-0.2, -0.15) is 0 Å². The smallest absolute Gasteiger partial charge is 0.0751 e. The van der Waals surface area contributed by atoms with Gasteiger partial charge < -0.3 is 4.90 Å². The third kappa shape index (κ3) is 2.47. The van der Waals surface area contributed by atoms with Gasteiger partial charge in [0.15, 0.2) is 0 Å². The maximum atomic E-state index is 3.90. The normalized spacial score (nSPS) is 19.2. The predicted octanol–water partition coefficient (Wildman–Crippen LogP) is 8.13. The van der Waals surface area contributed by atoms with Gasteiger partial charge in [0.1, 0.15) is 0 Å². The predicted molar refractivity (Wildman–Crippen MR) is 140 cm³/mol. The lowest BCUT2D eigenvalue weighted by atomic mass is 9.62. The molecule has 0 bridgehead atoms. The van der Waals surface area contributed by atoms with E-state index >= 15 is 0 Å². The fraction of sp³-hybridized carbons (Fsp3) is 0.0968. The summed E-state index contributed by atoms with van der Waals surface area (Å²) >= 11 is 3.90. The van der Waals surface area contributed by atoms with Gasteiger partial charge in [-0.05, 0) is 64.1 Å². The Kier molecular flexibility index (Phi) is 4.10. The largest absolute Gasteiger partial charge is 0.310 e. The monoisotopic (exact) mass is 487 g/mol. The van der Waals surface area contributed by atoms with Gasteiger partial charge in [0.25, 0.3) is 0 Å². The van der Waals surface area contributed by atoms with Crippen LogP contribution in [0, 0.1) is 0 Å². The molecule has 3 aliphatic rings. The van der Waals surface area contributed by atoms with E-state index in [0.29, 0.717) is 4.83 Å². The molecule has 33 heavy (non-hydrogen) atoms. The summed E-state index contributed by atoms with van der Waals surface area (Å²) in [6.07, 6.45) is 5.86. The molecule has 0 fully saturated rings. The molecule has 2 heteroatoms. The van der Waals surface area contributed by atoms with Crippen molar-refractivity contribution in [1.82, 2.24) is 0 Å². The van der Waals surface area contributed by atoms with E-state index in [1.54, 1.807) is 0 Å². The number of benzene rings is 4. The van der Waals surface area contributed by atoms with Crippen molar-refractivity contribution in [2.45, 2.75) is 16.7 Å². The SMILES string of the molecule is BrC1C=C2C(=CC1)C1(c3ccccc3-c3ccccc31)c1ccccc1N2c1ccccc1. The van der Waals surface area contributed by atoms with Crippen LogP contribution in [0.4, 0.5) is 11.4 Å². The molecule has 2 aliphatic carbocycles. The number of hydrogen-bond acceptors (Lipinski definition) is 1. The third-order valence-corrected chi connectivity index (χ3v) is 7.96. The van der Waals surface area contributed by atoms with Crippen LogP contribution in [0.3, 0.4) is 0 Å². The minimum Gasteiger partial charge on any atom is -0.310 e.